The molecule has 1 spiro atoms. The van der Waals surface area contributed by atoms with Crippen LogP contribution in [0.2, 0.25) is 0 Å². The molecule has 0 aromatic heterocycles. The maximum Gasteiger partial charge on any atom is 0.681 e. The molecule has 3 saturated heterocycles. The van der Waals surface area contributed by atoms with E-state index in [0.29, 0.717) is 43.0 Å². The van der Waals surface area contributed by atoms with Crippen molar-refractivity contribution in [1.29, 1.82) is 0 Å². The van der Waals surface area contributed by atoms with Gasteiger partial charge in [-0.15, -0.1) is 0 Å². The summed E-state index contributed by atoms with van der Waals surface area (Å²) in [7, 11) is -3.77. The first-order valence-electron chi connectivity index (χ1n) is 14.8. The predicted octanol–water partition coefficient (Wildman–Crippen LogP) is 2.34. The lowest BCUT2D eigenvalue weighted by molar-refractivity contribution is -0.956. The normalized spacial score (nSPS) is 23.6. The second-order valence-electron chi connectivity index (χ2n) is 11.0. The van der Waals surface area contributed by atoms with Crippen LogP contribution in [-0.4, -0.2) is 70.6 Å². The van der Waals surface area contributed by atoms with E-state index in [0.717, 1.165) is 12.8 Å². The molecule has 3 aliphatic rings. The number of hydrogen-bond donors (Lipinski definition) is 0. The molecular formula is C31H44ClNO6Si. The number of quaternary nitrogens is 1. The van der Waals surface area contributed by atoms with Gasteiger partial charge in [0.15, 0.2) is 0 Å². The minimum Gasteiger partial charge on any atom is -1.00 e. The second-order valence-corrected chi connectivity index (χ2v) is 13.0. The van der Waals surface area contributed by atoms with Crippen molar-refractivity contribution in [3.63, 3.8) is 0 Å². The molecule has 0 aliphatic carbocycles. The van der Waals surface area contributed by atoms with Gasteiger partial charge in [0.1, 0.15) is 6.10 Å². The monoisotopic (exact) mass is 589 g/mol. The number of carbonyl (C=O) groups is 1. The molecule has 9 heteroatoms. The van der Waals surface area contributed by atoms with Gasteiger partial charge in [-0.05, 0) is 31.9 Å². The second kappa shape index (κ2) is 13.5. The van der Waals surface area contributed by atoms with Crippen molar-refractivity contribution in [1.82, 2.24) is 0 Å². The van der Waals surface area contributed by atoms with Crippen LogP contribution in [0.25, 0.3) is 0 Å². The van der Waals surface area contributed by atoms with Crippen LogP contribution in [0.3, 0.4) is 0 Å². The molecule has 3 heterocycles. The van der Waals surface area contributed by atoms with E-state index in [2.05, 4.69) is 0 Å². The number of piperidine rings is 1. The Morgan fingerprint density at radius 3 is 1.68 bits per heavy atom. The third kappa shape index (κ3) is 5.77. The van der Waals surface area contributed by atoms with Gasteiger partial charge < -0.3 is 39.3 Å². The van der Waals surface area contributed by atoms with E-state index in [1.807, 2.05) is 81.4 Å². The number of benzene rings is 2. The fraction of sp³-hybridized carbons (Fsp3) is 0.581. The molecule has 0 amide bonds. The minimum atomic E-state index is -3.77. The largest absolute Gasteiger partial charge is 1.00 e. The van der Waals surface area contributed by atoms with Crippen LogP contribution < -0.4 is 12.4 Å². The lowest BCUT2D eigenvalue weighted by Gasteiger charge is -2.47. The van der Waals surface area contributed by atoms with Gasteiger partial charge in [0, 0.05) is 58.3 Å². The molecular weight excluding hydrogens is 546 g/mol. The molecule has 2 aromatic carbocycles. The number of ether oxygens (including phenoxy) is 1. The molecule has 3 fully saturated rings. The van der Waals surface area contributed by atoms with E-state index in [9.17, 15) is 4.79 Å². The third-order valence-corrected chi connectivity index (χ3v) is 11.4. The van der Waals surface area contributed by atoms with Crippen molar-refractivity contribution >= 4 is 15.0 Å². The molecule has 2 atom stereocenters. The van der Waals surface area contributed by atoms with E-state index in [-0.39, 0.29) is 18.5 Å². The Kier molecular flexibility index (Phi) is 10.5. The highest BCUT2D eigenvalue weighted by atomic mass is 35.5. The Labute approximate surface area is 246 Å². The quantitative estimate of drug-likeness (QED) is 0.215. The molecule has 2 bridgehead atoms. The molecule has 5 rings (SSSR count). The van der Waals surface area contributed by atoms with Gasteiger partial charge >= 0.3 is 15.0 Å². The van der Waals surface area contributed by atoms with Gasteiger partial charge in [-0.3, -0.25) is 0 Å². The van der Waals surface area contributed by atoms with Crippen LogP contribution in [0, 0.1) is 0 Å². The molecule has 40 heavy (non-hydrogen) atoms. The van der Waals surface area contributed by atoms with Gasteiger partial charge in [0.05, 0.1) is 25.2 Å². The van der Waals surface area contributed by atoms with Crippen LogP contribution in [0.15, 0.2) is 60.7 Å². The summed E-state index contributed by atoms with van der Waals surface area (Å²) in [6.07, 6.45) is 6.77. The highest BCUT2D eigenvalue weighted by molar-refractivity contribution is 6.54. The van der Waals surface area contributed by atoms with Crippen LogP contribution in [0.1, 0.15) is 70.4 Å². The maximum atomic E-state index is 14.7. The number of carbonyl (C=O) groups excluding carboxylic acids is 1. The Hall–Kier alpha value is -1.78. The summed E-state index contributed by atoms with van der Waals surface area (Å²) in [5, 5.41) is 0. The fourth-order valence-corrected chi connectivity index (χ4v) is 9.56. The van der Waals surface area contributed by atoms with E-state index in [4.69, 9.17) is 22.4 Å². The lowest BCUT2D eigenvalue weighted by Crippen LogP contribution is -3.00. The first-order valence-corrected chi connectivity index (χ1v) is 16.5. The predicted molar refractivity (Wildman–Crippen MR) is 151 cm³/mol. The van der Waals surface area contributed by atoms with Crippen molar-refractivity contribution in [3.8, 4) is 0 Å². The zero-order chi connectivity index (χ0) is 27.3. The third-order valence-electron chi connectivity index (χ3n) is 8.92. The van der Waals surface area contributed by atoms with Gasteiger partial charge in [-0.2, -0.15) is 0 Å². The first-order chi connectivity index (χ1) is 19.0. The van der Waals surface area contributed by atoms with Crippen LogP contribution >= 0.6 is 0 Å². The molecule has 0 saturated carbocycles. The van der Waals surface area contributed by atoms with Crippen LogP contribution in [0.4, 0.5) is 0 Å². The van der Waals surface area contributed by atoms with Crippen molar-refractivity contribution in [2.75, 3.05) is 32.9 Å². The molecule has 3 aliphatic heterocycles. The zero-order valence-electron chi connectivity index (χ0n) is 24.1. The molecule has 0 radical (unpaired) electrons. The molecule has 2 unspecified atom stereocenters. The van der Waals surface area contributed by atoms with E-state index in [1.54, 1.807) is 0 Å². The number of esters is 1. The van der Waals surface area contributed by atoms with E-state index >= 15 is 0 Å². The minimum absolute atomic E-state index is 0. The first kappa shape index (κ1) is 31.2. The van der Waals surface area contributed by atoms with E-state index in [1.165, 1.54) is 43.3 Å². The summed E-state index contributed by atoms with van der Waals surface area (Å²) in [4.78, 5) is 14.7. The number of nitrogens with zero attached hydrogens (tertiary/aromatic N) is 1. The summed E-state index contributed by atoms with van der Waals surface area (Å²) in [5.74, 6) is -0.435. The SMILES string of the molecule is CCO[Si](OCC)(OCC)OC(C(=O)OC1CC2CCC(C1)[N+]21CCCC1)(c1ccccc1)c1ccccc1.[Cl-]. The smallest absolute Gasteiger partial charge is 0.681 e. The average molecular weight is 590 g/mol. The van der Waals surface area contributed by atoms with Gasteiger partial charge in [-0.25, -0.2) is 4.79 Å². The van der Waals surface area contributed by atoms with Crippen LogP contribution in [0.5, 0.6) is 0 Å². The Balaban J connectivity index is 0.00000370. The molecule has 7 nitrogen and oxygen atoms in total. The lowest BCUT2D eigenvalue weighted by atomic mass is 9.86. The van der Waals surface area contributed by atoms with Crippen molar-refractivity contribution < 1.29 is 44.1 Å². The standard InChI is InChI=1S/C31H44NO6Si.ClH/c1-4-34-39(35-5-2,36-6-3)38-31(25-15-9-7-10-16-25,26-17-11-8-12-18-26)30(33)37-29-23-27-19-20-28(24-29)32(27)21-13-14-22-32;/h7-12,15-18,27-29H,4-6,13-14,19-24H2,1-3H3;1H/q+1;/p-1. The highest BCUT2D eigenvalue weighted by Gasteiger charge is 2.60. The molecule has 2 aromatic rings. The molecule has 220 valence electrons. The van der Waals surface area contributed by atoms with Gasteiger partial charge in [0.25, 0.3) is 0 Å². The van der Waals surface area contributed by atoms with E-state index < -0.39 is 20.6 Å². The highest BCUT2D eigenvalue weighted by Crippen LogP contribution is 2.47. The summed E-state index contributed by atoms with van der Waals surface area (Å²) in [6.45, 7) is 9.17. The molecule has 0 N–H and O–H groups in total. The average Bonchev–Trinajstić information content (AvgIpc) is 3.49. The van der Waals surface area contributed by atoms with Gasteiger partial charge in [0.2, 0.25) is 5.60 Å². The van der Waals surface area contributed by atoms with Gasteiger partial charge in [-0.1, -0.05) is 60.7 Å². The number of rotatable bonds is 12. The zero-order valence-corrected chi connectivity index (χ0v) is 25.8. The topological polar surface area (TPSA) is 63.2 Å². The maximum absolute atomic E-state index is 14.7. The number of halogens is 1. The summed E-state index contributed by atoms with van der Waals surface area (Å²) in [6, 6.07) is 20.3. The van der Waals surface area contributed by atoms with Crippen molar-refractivity contribution in [3.05, 3.63) is 71.8 Å². The fourth-order valence-electron chi connectivity index (χ4n) is 7.38. The van der Waals surface area contributed by atoms with Crippen molar-refractivity contribution in [2.24, 2.45) is 0 Å². The number of hydrogen-bond acceptors (Lipinski definition) is 6. The summed E-state index contributed by atoms with van der Waals surface area (Å²) >= 11 is 0. The summed E-state index contributed by atoms with van der Waals surface area (Å²) in [5.41, 5.74) is -0.275. The Morgan fingerprint density at radius 1 is 0.800 bits per heavy atom. The summed E-state index contributed by atoms with van der Waals surface area (Å²) < 4.78 is 33.0. The Bertz CT molecular complexity index is 1010. The van der Waals surface area contributed by atoms with Crippen LogP contribution in [-0.2, 0) is 32.8 Å². The van der Waals surface area contributed by atoms with Crippen molar-refractivity contribution in [2.45, 2.75) is 83.1 Å². The Morgan fingerprint density at radius 2 is 1.25 bits per heavy atom.